The van der Waals surface area contributed by atoms with Crippen LogP contribution >= 0.6 is 0 Å². The van der Waals surface area contributed by atoms with Crippen molar-refractivity contribution in [2.45, 2.75) is 0 Å². The summed E-state index contributed by atoms with van der Waals surface area (Å²) < 4.78 is 2.16. The predicted molar refractivity (Wildman–Crippen MR) is 96.0 cm³/mol. The summed E-state index contributed by atoms with van der Waals surface area (Å²) in [7, 11) is 2.09. The molecule has 4 rings (SSSR count). The zero-order valence-corrected chi connectivity index (χ0v) is 15.6. The van der Waals surface area contributed by atoms with Crippen molar-refractivity contribution in [3.05, 3.63) is 91.1 Å². The van der Waals surface area contributed by atoms with E-state index in [0.29, 0.717) is 0 Å². The molecule has 0 saturated carbocycles. The third-order valence-electron chi connectivity index (χ3n) is 4.34. The van der Waals surface area contributed by atoms with Crippen LogP contribution in [0.25, 0.3) is 33.2 Å². The second-order valence-electron chi connectivity index (χ2n) is 5.80. The van der Waals surface area contributed by atoms with Crippen molar-refractivity contribution in [3.8, 4) is 22.3 Å². The van der Waals surface area contributed by atoms with Crippen molar-refractivity contribution in [2.24, 2.45) is 7.05 Å². The Labute approximate surface area is 159 Å². The molecule has 4 aromatic rings. The fourth-order valence-electron chi connectivity index (χ4n) is 3.09. The zero-order valence-electron chi connectivity index (χ0n) is 13.5. The monoisotopic (exact) mass is 423 g/mol. The standard InChI is InChI=1S/C22H18N.HI/c1-23-16-15-20(21-9-5-6-10-22(21)23)19-13-11-18(12-14-19)17-7-3-2-4-8-17;/h2-16H,1H3;1H/q+1;/p-1. The van der Waals surface area contributed by atoms with Gasteiger partial charge < -0.3 is 24.0 Å². The minimum Gasteiger partial charge on any atom is -1.00 e. The van der Waals surface area contributed by atoms with E-state index in [1.807, 2.05) is 6.07 Å². The second-order valence-corrected chi connectivity index (χ2v) is 5.80. The molecule has 0 fully saturated rings. The molecule has 0 saturated heterocycles. The molecule has 1 nitrogen and oxygen atoms in total. The van der Waals surface area contributed by atoms with Gasteiger partial charge in [-0.3, -0.25) is 0 Å². The number of benzene rings is 3. The summed E-state index contributed by atoms with van der Waals surface area (Å²) in [5.74, 6) is 0. The number of hydrogen-bond acceptors (Lipinski definition) is 0. The molecule has 2 heteroatoms. The number of aromatic nitrogens is 1. The van der Waals surface area contributed by atoms with Crippen molar-refractivity contribution in [1.82, 2.24) is 0 Å². The van der Waals surface area contributed by atoms with Crippen LogP contribution in [-0.2, 0) is 7.05 Å². The first-order chi connectivity index (χ1) is 11.3. The van der Waals surface area contributed by atoms with E-state index in [-0.39, 0.29) is 24.0 Å². The Morgan fingerprint density at radius 3 is 1.92 bits per heavy atom. The second kappa shape index (κ2) is 7.14. The Bertz CT molecular complexity index is 960. The molecule has 0 bridgehead atoms. The molecule has 1 aromatic heterocycles. The van der Waals surface area contributed by atoms with Crippen LogP contribution < -0.4 is 28.5 Å². The number of rotatable bonds is 2. The zero-order chi connectivity index (χ0) is 15.6. The summed E-state index contributed by atoms with van der Waals surface area (Å²) in [5.41, 5.74) is 6.28. The lowest BCUT2D eigenvalue weighted by molar-refractivity contribution is -0.644. The molecule has 3 aromatic carbocycles. The molecule has 118 valence electrons. The van der Waals surface area contributed by atoms with E-state index in [2.05, 4.69) is 96.7 Å². The van der Waals surface area contributed by atoms with Gasteiger partial charge in [-0.25, -0.2) is 4.57 Å². The first-order valence-electron chi connectivity index (χ1n) is 7.86. The van der Waals surface area contributed by atoms with E-state index in [1.54, 1.807) is 0 Å². The normalized spacial score (nSPS) is 10.4. The number of aryl methyl sites for hydroxylation is 1. The minimum atomic E-state index is 0. The highest BCUT2D eigenvalue weighted by Crippen LogP contribution is 2.28. The van der Waals surface area contributed by atoms with Crippen molar-refractivity contribution >= 4 is 10.9 Å². The minimum absolute atomic E-state index is 0. The molecule has 0 aliphatic carbocycles. The molecule has 0 aliphatic rings. The average Bonchev–Trinajstić information content (AvgIpc) is 2.63. The molecular weight excluding hydrogens is 405 g/mol. The molecule has 0 atom stereocenters. The van der Waals surface area contributed by atoms with Crippen LogP contribution in [0.2, 0.25) is 0 Å². The molecule has 0 unspecified atom stereocenters. The fraction of sp³-hybridized carbons (Fsp3) is 0.0455. The van der Waals surface area contributed by atoms with Gasteiger partial charge in [0.2, 0.25) is 5.52 Å². The van der Waals surface area contributed by atoms with E-state index in [9.17, 15) is 0 Å². The number of nitrogens with zero attached hydrogens (tertiary/aromatic N) is 1. The predicted octanol–water partition coefficient (Wildman–Crippen LogP) is 2.00. The SMILES string of the molecule is C[n+]1ccc(-c2ccc(-c3ccccc3)cc2)c2ccccc21.[I-]. The maximum Gasteiger partial charge on any atom is 0.212 e. The van der Waals surface area contributed by atoms with Crippen LogP contribution in [0.3, 0.4) is 0 Å². The van der Waals surface area contributed by atoms with Crippen LogP contribution in [0.4, 0.5) is 0 Å². The quantitative estimate of drug-likeness (QED) is 0.343. The van der Waals surface area contributed by atoms with Crippen LogP contribution in [0.15, 0.2) is 91.1 Å². The van der Waals surface area contributed by atoms with E-state index < -0.39 is 0 Å². The summed E-state index contributed by atoms with van der Waals surface area (Å²) >= 11 is 0. The van der Waals surface area contributed by atoms with E-state index in [0.717, 1.165) is 0 Å². The molecule has 0 aliphatic heterocycles. The number of halogens is 1. The van der Waals surface area contributed by atoms with Crippen LogP contribution in [0, 0.1) is 0 Å². The highest BCUT2D eigenvalue weighted by Gasteiger charge is 2.10. The van der Waals surface area contributed by atoms with Crippen LogP contribution in [0.5, 0.6) is 0 Å². The van der Waals surface area contributed by atoms with Crippen LogP contribution in [-0.4, -0.2) is 0 Å². The third kappa shape index (κ3) is 3.06. The first kappa shape index (κ1) is 16.7. The van der Waals surface area contributed by atoms with Gasteiger partial charge in [0.15, 0.2) is 6.20 Å². The first-order valence-corrected chi connectivity index (χ1v) is 7.86. The van der Waals surface area contributed by atoms with Crippen molar-refractivity contribution in [2.75, 3.05) is 0 Å². The number of pyridine rings is 1. The summed E-state index contributed by atoms with van der Waals surface area (Å²) in [6.07, 6.45) is 2.13. The van der Waals surface area contributed by atoms with Gasteiger partial charge in [0.1, 0.15) is 7.05 Å². The lowest BCUT2D eigenvalue weighted by Crippen LogP contribution is -3.00. The van der Waals surface area contributed by atoms with Gasteiger partial charge in [-0.1, -0.05) is 66.7 Å². The molecule has 0 N–H and O–H groups in total. The number of fused-ring (bicyclic) bond motifs is 1. The molecule has 0 spiro atoms. The molecule has 24 heavy (non-hydrogen) atoms. The highest BCUT2D eigenvalue weighted by molar-refractivity contribution is 5.92. The van der Waals surface area contributed by atoms with E-state index in [4.69, 9.17) is 0 Å². The molecule has 1 heterocycles. The summed E-state index contributed by atoms with van der Waals surface area (Å²) in [5, 5.41) is 1.28. The van der Waals surface area contributed by atoms with Crippen molar-refractivity contribution in [3.63, 3.8) is 0 Å². The number of para-hydroxylation sites is 1. The highest BCUT2D eigenvalue weighted by atomic mass is 127. The van der Waals surface area contributed by atoms with Crippen molar-refractivity contribution in [1.29, 1.82) is 0 Å². The Balaban J connectivity index is 0.00000169. The van der Waals surface area contributed by atoms with E-state index in [1.165, 1.54) is 33.2 Å². The number of hydrogen-bond donors (Lipinski definition) is 0. The van der Waals surface area contributed by atoms with Crippen molar-refractivity contribution < 1.29 is 28.5 Å². The Hall–Kier alpha value is -2.20. The lowest BCUT2D eigenvalue weighted by atomic mass is 9.98. The maximum absolute atomic E-state index is 2.21. The third-order valence-corrected chi connectivity index (χ3v) is 4.34. The Morgan fingerprint density at radius 2 is 1.17 bits per heavy atom. The lowest BCUT2D eigenvalue weighted by Gasteiger charge is -2.07. The topological polar surface area (TPSA) is 3.88 Å². The van der Waals surface area contributed by atoms with Gasteiger partial charge in [-0.2, -0.15) is 0 Å². The summed E-state index contributed by atoms with van der Waals surface area (Å²) in [6, 6.07) is 30.1. The maximum atomic E-state index is 2.21. The van der Waals surface area contributed by atoms with Gasteiger partial charge in [0, 0.05) is 17.7 Å². The summed E-state index contributed by atoms with van der Waals surface area (Å²) in [4.78, 5) is 0. The largest absolute Gasteiger partial charge is 1.00 e. The smallest absolute Gasteiger partial charge is 0.212 e. The van der Waals surface area contributed by atoms with Gasteiger partial charge in [0.05, 0.1) is 5.39 Å². The van der Waals surface area contributed by atoms with Gasteiger partial charge in [-0.15, -0.1) is 0 Å². The van der Waals surface area contributed by atoms with E-state index >= 15 is 0 Å². The van der Waals surface area contributed by atoms with Gasteiger partial charge in [0.25, 0.3) is 0 Å². The van der Waals surface area contributed by atoms with Gasteiger partial charge in [-0.05, 0) is 22.8 Å². The Morgan fingerprint density at radius 1 is 0.583 bits per heavy atom. The fourth-order valence-corrected chi connectivity index (χ4v) is 3.09. The van der Waals surface area contributed by atoms with Gasteiger partial charge >= 0.3 is 0 Å². The molecular formula is C22H18IN. The molecule has 0 amide bonds. The average molecular weight is 423 g/mol. The Kier molecular flexibility index (Phi) is 4.95. The summed E-state index contributed by atoms with van der Waals surface area (Å²) in [6.45, 7) is 0. The van der Waals surface area contributed by atoms with Crippen LogP contribution in [0.1, 0.15) is 0 Å². The molecule has 0 radical (unpaired) electrons.